The standard InChI is InChI=1S/C13H15F.C11H17N.C5H10.3C2H6/c1-9(2)10(3)7-12-5-6-13(14)8-11(12)4;1-4-5-10-6-7-11(9(2)3)12-8-10;1-2-5-3-4-5;3*1-2/h5-8H,1H2,2-4H3;6-9H,4-5H2,1-3H3;5H,2-4H2,1H3;3*1-2H3/b10-7+;;;;;. The van der Waals surface area contributed by atoms with Crippen LogP contribution in [0.2, 0.25) is 0 Å². The van der Waals surface area contributed by atoms with E-state index in [1.54, 1.807) is 6.07 Å². The summed E-state index contributed by atoms with van der Waals surface area (Å²) in [5.41, 5.74) is 6.70. The first-order valence-electron chi connectivity index (χ1n) is 14.7. The molecule has 0 saturated heterocycles. The first-order valence-corrected chi connectivity index (χ1v) is 14.7. The number of nitrogens with zero attached hydrogens (tertiary/aromatic N) is 1. The maximum absolute atomic E-state index is 12.8. The summed E-state index contributed by atoms with van der Waals surface area (Å²) in [6, 6.07) is 9.13. The molecule has 1 saturated carbocycles. The topological polar surface area (TPSA) is 12.9 Å². The first-order chi connectivity index (χ1) is 17.7. The molecule has 0 spiro atoms. The van der Waals surface area contributed by atoms with Gasteiger partial charge in [-0.3, -0.25) is 4.98 Å². The second-order valence-corrected chi connectivity index (χ2v) is 8.96. The normalized spacial score (nSPS) is 11.5. The van der Waals surface area contributed by atoms with Crippen LogP contribution in [0.1, 0.15) is 137 Å². The fourth-order valence-corrected chi connectivity index (χ4v) is 2.90. The SMILES string of the molecule is C=C(C)/C(C)=C/c1ccc(F)cc1C.CC.CC.CC.CCC1CC1.CCCc1ccc(C(C)C)nc1. The Kier molecular flexibility index (Phi) is 27.0. The molecule has 1 nitrogen and oxygen atoms in total. The minimum absolute atomic E-state index is 0.187. The molecule has 1 aliphatic carbocycles. The van der Waals surface area contributed by atoms with E-state index in [1.807, 2.05) is 74.6 Å². The van der Waals surface area contributed by atoms with Crippen LogP contribution in [0.3, 0.4) is 0 Å². The summed E-state index contributed by atoms with van der Waals surface area (Å²) in [4.78, 5) is 4.40. The number of halogens is 1. The van der Waals surface area contributed by atoms with E-state index in [-0.39, 0.29) is 5.82 Å². The molecule has 1 aromatic carbocycles. The molecule has 0 radical (unpaired) electrons. The molecule has 1 aliphatic rings. The van der Waals surface area contributed by atoms with Crippen molar-refractivity contribution in [3.05, 3.63) is 82.5 Å². The quantitative estimate of drug-likeness (QED) is 0.350. The minimum Gasteiger partial charge on any atom is -0.261 e. The Balaban J connectivity index is -0.000000452. The molecular weight excluding hydrogens is 453 g/mol. The molecule has 2 heteroatoms. The lowest BCUT2D eigenvalue weighted by Crippen LogP contribution is -1.93. The van der Waals surface area contributed by atoms with Gasteiger partial charge in [0.2, 0.25) is 0 Å². The number of hydrogen-bond acceptors (Lipinski definition) is 1. The summed E-state index contributed by atoms with van der Waals surface area (Å²) in [6.07, 6.45) is 10.8. The number of benzene rings is 1. The molecule has 212 valence electrons. The second kappa shape index (κ2) is 25.4. The van der Waals surface area contributed by atoms with E-state index in [2.05, 4.69) is 51.4 Å². The van der Waals surface area contributed by atoms with E-state index < -0.39 is 0 Å². The third-order valence-corrected chi connectivity index (χ3v) is 5.53. The van der Waals surface area contributed by atoms with Crippen molar-refractivity contribution in [3.8, 4) is 0 Å². The molecule has 0 bridgehead atoms. The Morgan fingerprint density at radius 3 is 1.89 bits per heavy atom. The van der Waals surface area contributed by atoms with Crippen LogP contribution in [0, 0.1) is 18.7 Å². The lowest BCUT2D eigenvalue weighted by atomic mass is 10.0. The molecular formula is C35H60FN. The maximum atomic E-state index is 12.8. The molecule has 0 N–H and O–H groups in total. The van der Waals surface area contributed by atoms with Crippen LogP contribution in [0.25, 0.3) is 6.08 Å². The van der Waals surface area contributed by atoms with Gasteiger partial charge in [-0.05, 0) is 79.5 Å². The van der Waals surface area contributed by atoms with Crippen LogP contribution in [-0.4, -0.2) is 4.98 Å². The Morgan fingerprint density at radius 2 is 1.57 bits per heavy atom. The summed E-state index contributed by atoms with van der Waals surface area (Å²) in [6.45, 7) is 30.5. The third kappa shape index (κ3) is 20.5. The summed E-state index contributed by atoms with van der Waals surface area (Å²) in [5, 5.41) is 0. The van der Waals surface area contributed by atoms with Crippen molar-refractivity contribution in [2.24, 2.45) is 5.92 Å². The number of hydrogen-bond donors (Lipinski definition) is 0. The Bertz CT molecular complexity index is 827. The van der Waals surface area contributed by atoms with Crippen molar-refractivity contribution in [3.63, 3.8) is 0 Å². The first kappa shape index (κ1) is 39.3. The zero-order valence-corrected chi connectivity index (χ0v) is 26.8. The van der Waals surface area contributed by atoms with Gasteiger partial charge in [0.1, 0.15) is 5.82 Å². The van der Waals surface area contributed by atoms with Crippen molar-refractivity contribution in [2.45, 2.75) is 128 Å². The van der Waals surface area contributed by atoms with Crippen molar-refractivity contribution < 1.29 is 4.39 Å². The van der Waals surface area contributed by atoms with Crippen LogP contribution in [0.5, 0.6) is 0 Å². The molecule has 0 unspecified atom stereocenters. The van der Waals surface area contributed by atoms with Gasteiger partial charge >= 0.3 is 0 Å². The predicted molar refractivity (Wildman–Crippen MR) is 169 cm³/mol. The van der Waals surface area contributed by atoms with Gasteiger partial charge in [-0.2, -0.15) is 0 Å². The molecule has 1 heterocycles. The smallest absolute Gasteiger partial charge is 0.123 e. The van der Waals surface area contributed by atoms with Gasteiger partial charge < -0.3 is 0 Å². The molecule has 0 atom stereocenters. The average Bonchev–Trinajstić information content (AvgIpc) is 3.75. The Labute approximate surface area is 231 Å². The van der Waals surface area contributed by atoms with Crippen LogP contribution in [0.4, 0.5) is 4.39 Å². The van der Waals surface area contributed by atoms with Crippen LogP contribution < -0.4 is 0 Å². The van der Waals surface area contributed by atoms with Gasteiger partial charge in [-0.15, -0.1) is 0 Å². The average molecular weight is 514 g/mol. The summed E-state index contributed by atoms with van der Waals surface area (Å²) in [7, 11) is 0. The molecule has 3 rings (SSSR count). The van der Waals surface area contributed by atoms with E-state index in [0.29, 0.717) is 5.92 Å². The van der Waals surface area contributed by atoms with Crippen molar-refractivity contribution in [1.29, 1.82) is 0 Å². The monoisotopic (exact) mass is 513 g/mol. The fourth-order valence-electron chi connectivity index (χ4n) is 2.90. The highest BCUT2D eigenvalue weighted by Gasteiger charge is 2.17. The van der Waals surface area contributed by atoms with Gasteiger partial charge in [0.25, 0.3) is 0 Å². The van der Waals surface area contributed by atoms with Gasteiger partial charge in [0.05, 0.1) is 0 Å². The third-order valence-electron chi connectivity index (χ3n) is 5.53. The molecule has 0 amide bonds. The van der Waals surface area contributed by atoms with Crippen molar-refractivity contribution in [1.82, 2.24) is 4.98 Å². The number of aromatic nitrogens is 1. The predicted octanol–water partition coefficient (Wildman–Crippen LogP) is 12.2. The van der Waals surface area contributed by atoms with Gasteiger partial charge in [-0.1, -0.05) is 125 Å². The number of allylic oxidation sites excluding steroid dienone is 2. The Hall–Kier alpha value is -2.22. The van der Waals surface area contributed by atoms with Gasteiger partial charge in [-0.25, -0.2) is 4.39 Å². The minimum atomic E-state index is -0.187. The number of aryl methyl sites for hydroxylation is 2. The summed E-state index contributed by atoms with van der Waals surface area (Å²) >= 11 is 0. The maximum Gasteiger partial charge on any atom is 0.123 e. The molecule has 1 aromatic heterocycles. The van der Waals surface area contributed by atoms with Crippen LogP contribution >= 0.6 is 0 Å². The molecule has 1 fully saturated rings. The largest absolute Gasteiger partial charge is 0.261 e. The van der Waals surface area contributed by atoms with E-state index in [0.717, 1.165) is 34.6 Å². The van der Waals surface area contributed by atoms with E-state index in [4.69, 9.17) is 0 Å². The van der Waals surface area contributed by atoms with E-state index >= 15 is 0 Å². The second-order valence-electron chi connectivity index (χ2n) is 8.96. The zero-order valence-electron chi connectivity index (χ0n) is 26.8. The zero-order chi connectivity index (χ0) is 29.4. The number of rotatable bonds is 6. The molecule has 2 aromatic rings. The highest BCUT2D eigenvalue weighted by Crippen LogP contribution is 2.31. The highest BCUT2D eigenvalue weighted by atomic mass is 19.1. The lowest BCUT2D eigenvalue weighted by molar-refractivity contribution is 0.626. The number of pyridine rings is 1. The Morgan fingerprint density at radius 1 is 1.00 bits per heavy atom. The van der Waals surface area contributed by atoms with Crippen LogP contribution in [-0.2, 0) is 6.42 Å². The van der Waals surface area contributed by atoms with Gasteiger partial charge in [0, 0.05) is 11.9 Å². The summed E-state index contributed by atoms with van der Waals surface area (Å²) < 4.78 is 12.8. The lowest BCUT2D eigenvalue weighted by Gasteiger charge is -2.04. The fraction of sp³-hybridized carbons (Fsp3) is 0.571. The summed E-state index contributed by atoms with van der Waals surface area (Å²) in [5.74, 6) is 1.49. The van der Waals surface area contributed by atoms with E-state index in [9.17, 15) is 4.39 Å². The van der Waals surface area contributed by atoms with Crippen LogP contribution in [0.15, 0.2) is 54.3 Å². The van der Waals surface area contributed by atoms with Gasteiger partial charge in [0.15, 0.2) is 0 Å². The highest BCUT2D eigenvalue weighted by molar-refractivity contribution is 5.59. The van der Waals surface area contributed by atoms with Crippen molar-refractivity contribution >= 4 is 6.08 Å². The van der Waals surface area contributed by atoms with E-state index in [1.165, 1.54) is 49.1 Å². The molecule has 37 heavy (non-hydrogen) atoms. The molecule has 0 aliphatic heterocycles. The van der Waals surface area contributed by atoms with Crippen molar-refractivity contribution in [2.75, 3.05) is 0 Å².